The van der Waals surface area contributed by atoms with Crippen molar-refractivity contribution in [2.24, 2.45) is 0 Å². The topological polar surface area (TPSA) is 65.1 Å². The Morgan fingerprint density at radius 2 is 1.84 bits per heavy atom. The highest BCUT2D eigenvalue weighted by Crippen LogP contribution is 2.39. The quantitative estimate of drug-likeness (QED) is 0.257. The van der Waals surface area contributed by atoms with Gasteiger partial charge in [0.2, 0.25) is 5.91 Å². The lowest BCUT2D eigenvalue weighted by atomic mass is 9.85. The Morgan fingerprint density at radius 3 is 2.45 bits per heavy atom. The summed E-state index contributed by atoms with van der Waals surface area (Å²) in [6, 6.07) is 10.6. The number of ether oxygens (including phenoxy) is 2. The summed E-state index contributed by atoms with van der Waals surface area (Å²) in [5, 5.41) is 0.559. The van der Waals surface area contributed by atoms with Gasteiger partial charge in [-0.05, 0) is 86.3 Å². The van der Waals surface area contributed by atoms with Crippen molar-refractivity contribution < 1.29 is 23.5 Å². The van der Waals surface area contributed by atoms with E-state index in [0.717, 1.165) is 16.7 Å². The number of carbonyl (C=O) groups excluding carboxylic acids is 2. The first-order valence-electron chi connectivity index (χ1n) is 13.3. The fraction of sp³-hybridized carbons (Fsp3) is 0.533. The Labute approximate surface area is 233 Å². The van der Waals surface area contributed by atoms with Crippen molar-refractivity contribution in [2.45, 2.75) is 90.7 Å². The third kappa shape index (κ3) is 6.61. The van der Waals surface area contributed by atoms with E-state index in [2.05, 4.69) is 33.9 Å². The van der Waals surface area contributed by atoms with Crippen LogP contribution in [0, 0.1) is 0 Å². The second-order valence-corrected chi connectivity index (χ2v) is 17.1. The molecule has 0 saturated carbocycles. The molecule has 1 aliphatic heterocycles. The number of hydrogen-bond donors (Lipinski definition) is 0. The first-order chi connectivity index (χ1) is 17.7. The van der Waals surface area contributed by atoms with Gasteiger partial charge in [0.15, 0.2) is 8.32 Å². The normalized spacial score (nSPS) is 17.8. The molecule has 2 atom stereocenters. The summed E-state index contributed by atoms with van der Waals surface area (Å²) in [6.07, 6.45) is 0.663. The molecule has 0 fully saturated rings. The van der Waals surface area contributed by atoms with E-state index < -0.39 is 8.32 Å². The largest absolute Gasteiger partial charge is 0.491 e. The van der Waals surface area contributed by atoms with Crippen LogP contribution in [-0.4, -0.2) is 51.0 Å². The average molecular weight is 560 g/mol. The SMILES string of the molecule is COC(=O)c1cccc2c1C[C@H](CO[Si](C)(C)C(C)(C)C)N(C(=O)Cc1cc(OC(C)C)ccc1Cl)[C@H]2C. The molecule has 0 N–H and O–H groups in total. The maximum atomic E-state index is 14.0. The summed E-state index contributed by atoms with van der Waals surface area (Å²) in [6.45, 7) is 17.3. The first kappa shape index (κ1) is 30.2. The molecule has 0 unspecified atom stereocenters. The fourth-order valence-electron chi connectivity index (χ4n) is 4.69. The van der Waals surface area contributed by atoms with Crippen molar-refractivity contribution in [1.82, 2.24) is 4.90 Å². The molecule has 2 aromatic rings. The maximum absolute atomic E-state index is 14.0. The Balaban J connectivity index is 1.99. The third-order valence-electron chi connectivity index (χ3n) is 7.78. The smallest absolute Gasteiger partial charge is 0.338 e. The molecular formula is C30H42ClNO5Si. The van der Waals surface area contributed by atoms with Gasteiger partial charge in [0.1, 0.15) is 5.75 Å². The lowest BCUT2D eigenvalue weighted by molar-refractivity contribution is -0.137. The fourth-order valence-corrected chi connectivity index (χ4v) is 5.92. The maximum Gasteiger partial charge on any atom is 0.338 e. The lowest BCUT2D eigenvalue weighted by Crippen LogP contribution is -2.52. The molecule has 1 heterocycles. The van der Waals surface area contributed by atoms with E-state index in [1.165, 1.54) is 7.11 Å². The number of nitrogens with zero attached hydrogens (tertiary/aromatic N) is 1. The van der Waals surface area contributed by atoms with Crippen LogP contribution in [0.1, 0.15) is 74.6 Å². The van der Waals surface area contributed by atoms with Crippen LogP contribution in [-0.2, 0) is 26.8 Å². The number of esters is 1. The predicted molar refractivity (Wildman–Crippen MR) is 155 cm³/mol. The number of carbonyl (C=O) groups is 2. The number of halogens is 1. The van der Waals surface area contributed by atoms with Gasteiger partial charge in [0.05, 0.1) is 43.9 Å². The van der Waals surface area contributed by atoms with Crippen LogP contribution in [0.15, 0.2) is 36.4 Å². The zero-order chi connectivity index (χ0) is 28.4. The molecule has 0 radical (unpaired) electrons. The van der Waals surface area contributed by atoms with Crippen molar-refractivity contribution in [1.29, 1.82) is 0 Å². The second-order valence-electron chi connectivity index (χ2n) is 11.9. The van der Waals surface area contributed by atoms with Gasteiger partial charge in [0, 0.05) is 5.02 Å². The van der Waals surface area contributed by atoms with Crippen LogP contribution in [0.2, 0.25) is 23.2 Å². The minimum Gasteiger partial charge on any atom is -0.491 e. The zero-order valence-corrected chi connectivity index (χ0v) is 25.9. The Hall–Kier alpha value is -2.35. The van der Waals surface area contributed by atoms with Gasteiger partial charge in [-0.1, -0.05) is 44.5 Å². The highest BCUT2D eigenvalue weighted by Gasteiger charge is 2.41. The molecule has 0 aromatic heterocycles. The summed E-state index contributed by atoms with van der Waals surface area (Å²) >= 11 is 6.52. The zero-order valence-electron chi connectivity index (χ0n) is 24.2. The van der Waals surface area contributed by atoms with Gasteiger partial charge in [-0.3, -0.25) is 4.79 Å². The molecule has 3 rings (SSSR count). The molecule has 2 aromatic carbocycles. The molecule has 208 valence electrons. The molecule has 0 spiro atoms. The summed E-state index contributed by atoms with van der Waals surface area (Å²) in [7, 11) is -0.691. The van der Waals surface area contributed by atoms with Crippen LogP contribution in [0.25, 0.3) is 0 Å². The number of amides is 1. The van der Waals surface area contributed by atoms with Crippen molar-refractivity contribution in [3.05, 3.63) is 63.7 Å². The van der Waals surface area contributed by atoms with Gasteiger partial charge in [0.25, 0.3) is 0 Å². The van der Waals surface area contributed by atoms with Gasteiger partial charge in [-0.25, -0.2) is 4.79 Å². The molecule has 38 heavy (non-hydrogen) atoms. The minimum atomic E-state index is -2.08. The highest BCUT2D eigenvalue weighted by atomic mass is 35.5. The standard InChI is InChI=1S/C30H42ClNO5Si/c1-19(2)37-23-13-14-27(31)21(15-23)16-28(33)32-20(3)24-11-10-12-25(29(34)35-7)26(24)17-22(32)18-36-38(8,9)30(4,5)6/h10-15,19-20,22H,16-18H2,1-9H3/t20-,22+/m0/s1. The number of methoxy groups -OCH3 is 1. The molecule has 1 amide bonds. The van der Waals surface area contributed by atoms with Crippen molar-refractivity contribution in [3.8, 4) is 5.75 Å². The van der Waals surface area contributed by atoms with E-state index >= 15 is 0 Å². The molecule has 0 aliphatic carbocycles. The number of rotatable bonds is 8. The van der Waals surface area contributed by atoms with E-state index in [-0.39, 0.29) is 41.5 Å². The molecule has 0 bridgehead atoms. The molecule has 0 saturated heterocycles. The summed E-state index contributed by atoms with van der Waals surface area (Å²) in [4.78, 5) is 28.5. The molecule has 6 nitrogen and oxygen atoms in total. The first-order valence-corrected chi connectivity index (χ1v) is 16.5. The van der Waals surface area contributed by atoms with E-state index in [0.29, 0.717) is 29.4 Å². The van der Waals surface area contributed by atoms with Crippen LogP contribution in [0.4, 0.5) is 0 Å². The number of fused-ring (bicyclic) bond motifs is 1. The van der Waals surface area contributed by atoms with E-state index in [9.17, 15) is 9.59 Å². The second kappa shape index (κ2) is 11.8. The lowest BCUT2D eigenvalue weighted by Gasteiger charge is -2.44. The summed E-state index contributed by atoms with van der Waals surface area (Å²) in [5.41, 5.74) is 3.14. The van der Waals surface area contributed by atoms with E-state index in [1.807, 2.05) is 49.9 Å². The van der Waals surface area contributed by atoms with Crippen LogP contribution in [0.5, 0.6) is 5.75 Å². The number of hydrogen-bond acceptors (Lipinski definition) is 5. The Kier molecular flexibility index (Phi) is 9.38. The van der Waals surface area contributed by atoms with Gasteiger partial charge in [-0.15, -0.1) is 0 Å². The summed E-state index contributed by atoms with van der Waals surface area (Å²) in [5.74, 6) is 0.274. The van der Waals surface area contributed by atoms with E-state index in [4.69, 9.17) is 25.5 Å². The molecule has 8 heteroatoms. The highest BCUT2D eigenvalue weighted by molar-refractivity contribution is 6.74. The van der Waals surface area contributed by atoms with Gasteiger partial charge < -0.3 is 18.8 Å². The third-order valence-corrected chi connectivity index (χ3v) is 12.6. The van der Waals surface area contributed by atoms with Crippen molar-refractivity contribution >= 4 is 31.8 Å². The predicted octanol–water partition coefficient (Wildman–Crippen LogP) is 6.99. The van der Waals surface area contributed by atoms with E-state index in [1.54, 1.807) is 12.1 Å². The van der Waals surface area contributed by atoms with Crippen molar-refractivity contribution in [3.63, 3.8) is 0 Å². The Bertz CT molecular complexity index is 1170. The number of benzene rings is 2. The summed E-state index contributed by atoms with van der Waals surface area (Å²) < 4.78 is 17.5. The van der Waals surface area contributed by atoms with Gasteiger partial charge in [-0.2, -0.15) is 0 Å². The van der Waals surface area contributed by atoms with Crippen molar-refractivity contribution in [2.75, 3.05) is 13.7 Å². The van der Waals surface area contributed by atoms with Crippen LogP contribution < -0.4 is 4.74 Å². The van der Waals surface area contributed by atoms with Crippen LogP contribution in [0.3, 0.4) is 0 Å². The molecule has 1 aliphatic rings. The minimum absolute atomic E-state index is 0.0132. The van der Waals surface area contributed by atoms with Gasteiger partial charge >= 0.3 is 5.97 Å². The monoisotopic (exact) mass is 559 g/mol. The molecular weight excluding hydrogens is 518 g/mol. The Morgan fingerprint density at radius 1 is 1.16 bits per heavy atom. The van der Waals surface area contributed by atoms with Crippen LogP contribution >= 0.6 is 11.6 Å². The average Bonchev–Trinajstić information content (AvgIpc) is 2.83.